The summed E-state index contributed by atoms with van der Waals surface area (Å²) in [5, 5.41) is 8.96. The Kier molecular flexibility index (Phi) is 10.0. The third-order valence-corrected chi connectivity index (χ3v) is 6.61. The molecule has 1 aliphatic carbocycles. The van der Waals surface area contributed by atoms with Crippen LogP contribution in [0.1, 0.15) is 53.5 Å². The van der Waals surface area contributed by atoms with Gasteiger partial charge in [-0.15, -0.1) is 24.8 Å². The number of nitrogens with zero attached hydrogens (tertiary/aromatic N) is 2. The standard InChI is InChI=1S/C24H28F4N2O.2ClH/c25-19-6-3-17(4-7-19)21-16-23(22-15-18(24(26,27)28)5-8-20(21)22)30-12-10-29(11-13-30)9-1-2-14-31;;/h3-8,15,21,23,31H,1-2,9-14,16H2;2*1H/t21-,23+;;/m1../s1. The molecule has 2 aromatic rings. The fraction of sp³-hybridized carbons (Fsp3) is 0.500. The number of rotatable bonds is 6. The van der Waals surface area contributed by atoms with Gasteiger partial charge in [0, 0.05) is 44.7 Å². The van der Waals surface area contributed by atoms with Gasteiger partial charge in [-0.3, -0.25) is 4.90 Å². The molecule has 3 nitrogen and oxygen atoms in total. The lowest BCUT2D eigenvalue weighted by Gasteiger charge is -2.38. The Bertz CT molecular complexity index is 887. The van der Waals surface area contributed by atoms with Gasteiger partial charge >= 0.3 is 6.18 Å². The second-order valence-corrected chi connectivity index (χ2v) is 8.51. The normalized spacial score (nSPS) is 21.2. The fourth-order valence-electron chi connectivity index (χ4n) is 4.94. The van der Waals surface area contributed by atoms with Crippen LogP contribution in [0.3, 0.4) is 0 Å². The first-order valence-corrected chi connectivity index (χ1v) is 10.9. The third-order valence-electron chi connectivity index (χ3n) is 6.61. The molecule has 0 bridgehead atoms. The molecule has 1 saturated heterocycles. The predicted molar refractivity (Wildman–Crippen MR) is 126 cm³/mol. The first kappa shape index (κ1) is 27.9. The molecule has 0 aromatic heterocycles. The maximum absolute atomic E-state index is 13.4. The minimum absolute atomic E-state index is 0. The van der Waals surface area contributed by atoms with Crippen molar-refractivity contribution < 1.29 is 22.7 Å². The molecule has 1 heterocycles. The van der Waals surface area contributed by atoms with Crippen LogP contribution in [-0.4, -0.2) is 54.2 Å². The molecule has 9 heteroatoms. The zero-order valence-electron chi connectivity index (χ0n) is 18.2. The highest BCUT2D eigenvalue weighted by Crippen LogP contribution is 2.48. The Morgan fingerprint density at radius 3 is 2.15 bits per heavy atom. The van der Waals surface area contributed by atoms with Crippen LogP contribution in [0.15, 0.2) is 42.5 Å². The number of benzene rings is 2. The highest BCUT2D eigenvalue weighted by molar-refractivity contribution is 5.85. The van der Waals surface area contributed by atoms with Crippen LogP contribution in [0.5, 0.6) is 0 Å². The highest BCUT2D eigenvalue weighted by Gasteiger charge is 2.39. The summed E-state index contributed by atoms with van der Waals surface area (Å²) >= 11 is 0. The van der Waals surface area contributed by atoms with E-state index < -0.39 is 11.7 Å². The Labute approximate surface area is 204 Å². The van der Waals surface area contributed by atoms with Crippen molar-refractivity contribution in [1.82, 2.24) is 9.80 Å². The monoisotopic (exact) mass is 508 g/mol. The molecule has 4 rings (SSSR count). The van der Waals surface area contributed by atoms with Crippen LogP contribution in [0.2, 0.25) is 0 Å². The van der Waals surface area contributed by atoms with E-state index in [9.17, 15) is 17.6 Å². The number of aliphatic hydroxyl groups excluding tert-OH is 1. The molecular formula is C24H30Cl2F4N2O. The van der Waals surface area contributed by atoms with E-state index >= 15 is 0 Å². The molecule has 2 aliphatic rings. The summed E-state index contributed by atoms with van der Waals surface area (Å²) in [6, 6.07) is 10.3. The highest BCUT2D eigenvalue weighted by atomic mass is 35.5. The average Bonchev–Trinajstić information content (AvgIpc) is 3.13. The van der Waals surface area contributed by atoms with Gasteiger partial charge in [0.05, 0.1) is 5.56 Å². The van der Waals surface area contributed by atoms with Gasteiger partial charge in [0.15, 0.2) is 0 Å². The molecule has 1 N–H and O–H groups in total. The molecule has 2 aromatic carbocycles. The van der Waals surface area contributed by atoms with Crippen LogP contribution in [0, 0.1) is 5.82 Å². The molecule has 33 heavy (non-hydrogen) atoms. The quantitative estimate of drug-likeness (QED) is 0.403. The maximum Gasteiger partial charge on any atom is 0.416 e. The van der Waals surface area contributed by atoms with Crippen LogP contribution in [-0.2, 0) is 6.18 Å². The SMILES string of the molecule is Cl.Cl.OCCCCN1CCN([C@H]2C[C@H](c3ccc(F)cc3)c3ccc(C(F)(F)F)cc32)CC1. The first-order valence-electron chi connectivity index (χ1n) is 10.9. The molecule has 184 valence electrons. The van der Waals surface area contributed by atoms with Crippen molar-refractivity contribution in [1.29, 1.82) is 0 Å². The summed E-state index contributed by atoms with van der Waals surface area (Å²) in [7, 11) is 0. The maximum atomic E-state index is 13.4. The molecule has 0 saturated carbocycles. The van der Waals surface area contributed by atoms with Crippen LogP contribution in [0.4, 0.5) is 17.6 Å². The lowest BCUT2D eigenvalue weighted by atomic mass is 9.92. The lowest BCUT2D eigenvalue weighted by Crippen LogP contribution is -2.47. The lowest BCUT2D eigenvalue weighted by molar-refractivity contribution is -0.137. The van der Waals surface area contributed by atoms with Gasteiger partial charge in [0.25, 0.3) is 0 Å². The number of fused-ring (bicyclic) bond motifs is 1. The zero-order valence-corrected chi connectivity index (χ0v) is 19.9. The summed E-state index contributed by atoms with van der Waals surface area (Å²) in [4.78, 5) is 4.65. The van der Waals surface area contributed by atoms with Crippen molar-refractivity contribution in [2.75, 3.05) is 39.3 Å². The first-order chi connectivity index (χ1) is 14.9. The van der Waals surface area contributed by atoms with Gasteiger partial charge in [-0.2, -0.15) is 13.2 Å². The van der Waals surface area contributed by atoms with Crippen LogP contribution >= 0.6 is 24.8 Å². The minimum atomic E-state index is -4.38. The Morgan fingerprint density at radius 2 is 1.55 bits per heavy atom. The molecule has 1 fully saturated rings. The average molecular weight is 509 g/mol. The van der Waals surface area contributed by atoms with Crippen molar-refractivity contribution in [3.63, 3.8) is 0 Å². The van der Waals surface area contributed by atoms with E-state index in [1.165, 1.54) is 18.2 Å². The molecule has 0 amide bonds. The largest absolute Gasteiger partial charge is 0.416 e. The minimum Gasteiger partial charge on any atom is -0.396 e. The van der Waals surface area contributed by atoms with Crippen LogP contribution in [0.25, 0.3) is 0 Å². The van der Waals surface area contributed by atoms with E-state index in [4.69, 9.17) is 5.11 Å². The number of hydrogen-bond acceptors (Lipinski definition) is 3. The number of piperazine rings is 1. The van der Waals surface area contributed by atoms with E-state index in [0.717, 1.165) is 68.3 Å². The molecular weight excluding hydrogens is 479 g/mol. The molecule has 0 unspecified atom stereocenters. The van der Waals surface area contributed by atoms with Gasteiger partial charge in [-0.25, -0.2) is 4.39 Å². The van der Waals surface area contributed by atoms with Gasteiger partial charge in [-0.05, 0) is 66.8 Å². The van der Waals surface area contributed by atoms with E-state index in [1.807, 2.05) is 0 Å². The van der Waals surface area contributed by atoms with Gasteiger partial charge in [0.1, 0.15) is 5.82 Å². The zero-order chi connectivity index (χ0) is 22.0. The Balaban J connectivity index is 0.00000193. The van der Waals surface area contributed by atoms with E-state index in [1.54, 1.807) is 18.2 Å². The summed E-state index contributed by atoms with van der Waals surface area (Å²) in [5.74, 6) is -0.353. The molecule has 1 aliphatic heterocycles. The van der Waals surface area contributed by atoms with E-state index in [0.29, 0.717) is 6.42 Å². The Hall–Kier alpha value is -1.38. The van der Waals surface area contributed by atoms with E-state index in [2.05, 4.69) is 9.80 Å². The summed E-state index contributed by atoms with van der Waals surface area (Å²) in [6.45, 7) is 4.48. The van der Waals surface area contributed by atoms with Crippen molar-refractivity contribution in [2.24, 2.45) is 0 Å². The van der Waals surface area contributed by atoms with Gasteiger partial charge < -0.3 is 10.0 Å². The number of alkyl halides is 3. The van der Waals surface area contributed by atoms with Crippen molar-refractivity contribution in [2.45, 2.75) is 37.4 Å². The van der Waals surface area contributed by atoms with Crippen molar-refractivity contribution >= 4 is 24.8 Å². The van der Waals surface area contributed by atoms with Crippen LogP contribution < -0.4 is 0 Å². The van der Waals surface area contributed by atoms with E-state index in [-0.39, 0.29) is 49.2 Å². The third kappa shape index (κ3) is 6.40. The molecule has 0 spiro atoms. The molecule has 0 radical (unpaired) electrons. The summed E-state index contributed by atoms with van der Waals surface area (Å²) in [5.41, 5.74) is 1.99. The topological polar surface area (TPSA) is 26.7 Å². The smallest absolute Gasteiger partial charge is 0.396 e. The molecule has 2 atom stereocenters. The fourth-order valence-corrected chi connectivity index (χ4v) is 4.94. The number of aliphatic hydroxyl groups is 1. The summed E-state index contributed by atoms with van der Waals surface area (Å²) in [6.07, 6.45) is -1.94. The predicted octanol–water partition coefficient (Wildman–Crippen LogP) is 5.65. The van der Waals surface area contributed by atoms with Crippen molar-refractivity contribution in [3.8, 4) is 0 Å². The number of hydrogen-bond donors (Lipinski definition) is 1. The van der Waals surface area contributed by atoms with Crippen molar-refractivity contribution in [3.05, 3.63) is 70.5 Å². The second kappa shape index (κ2) is 11.8. The summed E-state index contributed by atoms with van der Waals surface area (Å²) < 4.78 is 53.6. The second-order valence-electron chi connectivity index (χ2n) is 8.51. The Morgan fingerprint density at radius 1 is 0.879 bits per heavy atom. The van der Waals surface area contributed by atoms with Gasteiger partial charge in [-0.1, -0.05) is 18.2 Å². The number of halogens is 6. The number of unbranched alkanes of at least 4 members (excludes halogenated alkanes) is 1. The van der Waals surface area contributed by atoms with Gasteiger partial charge in [0.2, 0.25) is 0 Å².